The minimum atomic E-state index is -0.333. The quantitative estimate of drug-likeness (QED) is 0.257. The van der Waals surface area contributed by atoms with E-state index in [1.165, 1.54) is 0 Å². The molecule has 0 amide bonds. The Morgan fingerprint density at radius 2 is 1.31 bits per heavy atom. The van der Waals surface area contributed by atoms with E-state index in [2.05, 4.69) is 6.07 Å². The summed E-state index contributed by atoms with van der Waals surface area (Å²) in [4.78, 5) is 13.1. The Labute approximate surface area is 168 Å². The van der Waals surface area contributed by atoms with Crippen LogP contribution in [0.4, 0.5) is 0 Å². The predicted molar refractivity (Wildman–Crippen MR) is 121 cm³/mol. The van der Waals surface area contributed by atoms with E-state index in [9.17, 15) is 4.79 Å². The highest BCUT2D eigenvalue weighted by molar-refractivity contribution is 6.10. The van der Waals surface area contributed by atoms with E-state index >= 15 is 0 Å². The first kappa shape index (κ1) is 17.2. The molecule has 29 heavy (non-hydrogen) atoms. The predicted octanol–water partition coefficient (Wildman–Crippen LogP) is 6.78. The maximum atomic E-state index is 13.1. The van der Waals surface area contributed by atoms with Gasteiger partial charge in [-0.15, -0.1) is 0 Å². The van der Waals surface area contributed by atoms with E-state index in [0.29, 0.717) is 11.1 Å². The zero-order chi connectivity index (χ0) is 19.6. The average Bonchev–Trinajstić information content (AvgIpc) is 2.78. The third-order valence-electron chi connectivity index (χ3n) is 5.14. The van der Waals surface area contributed by atoms with Crippen LogP contribution >= 0.6 is 0 Å². The van der Waals surface area contributed by atoms with Gasteiger partial charge in [-0.3, -0.25) is 0 Å². The van der Waals surface area contributed by atoms with Gasteiger partial charge >= 0.3 is 5.63 Å². The van der Waals surface area contributed by atoms with Crippen molar-refractivity contribution < 1.29 is 4.42 Å². The molecule has 2 heteroatoms. The molecule has 5 rings (SSSR count). The maximum absolute atomic E-state index is 13.1. The van der Waals surface area contributed by atoms with Gasteiger partial charge in [0.15, 0.2) is 0 Å². The molecule has 2 nitrogen and oxygen atoms in total. The number of hydrogen-bond donors (Lipinski definition) is 0. The fourth-order valence-electron chi connectivity index (χ4n) is 3.76. The molecule has 0 aliphatic rings. The molecule has 1 heterocycles. The van der Waals surface area contributed by atoms with Gasteiger partial charge in [0, 0.05) is 16.3 Å². The second kappa shape index (κ2) is 7.25. The molecule has 0 N–H and O–H groups in total. The second-order valence-corrected chi connectivity index (χ2v) is 6.95. The van der Waals surface area contributed by atoms with E-state index in [1.807, 2.05) is 103 Å². The zero-order valence-electron chi connectivity index (χ0n) is 15.7. The lowest BCUT2D eigenvalue weighted by Crippen LogP contribution is -2.06. The molecular formula is C27H18O2. The summed E-state index contributed by atoms with van der Waals surface area (Å²) < 4.78 is 5.85. The van der Waals surface area contributed by atoms with Gasteiger partial charge in [-0.1, -0.05) is 97.1 Å². The molecule has 0 unspecified atom stereocenters. The first-order valence-corrected chi connectivity index (χ1v) is 9.58. The Bertz CT molecular complexity index is 1400. The van der Waals surface area contributed by atoms with Gasteiger partial charge in [-0.25, -0.2) is 4.79 Å². The number of fused-ring (bicyclic) bond motifs is 3. The smallest absolute Gasteiger partial charge is 0.344 e. The Morgan fingerprint density at radius 3 is 2.10 bits per heavy atom. The number of rotatable bonds is 3. The van der Waals surface area contributed by atoms with E-state index in [1.54, 1.807) is 0 Å². The maximum Gasteiger partial charge on any atom is 0.344 e. The summed E-state index contributed by atoms with van der Waals surface area (Å²) in [5.74, 6) is 0. The van der Waals surface area contributed by atoms with Crippen LogP contribution in [0.15, 0.2) is 106 Å². The van der Waals surface area contributed by atoms with Crippen LogP contribution < -0.4 is 5.63 Å². The lowest BCUT2D eigenvalue weighted by Gasteiger charge is -2.11. The van der Waals surface area contributed by atoms with Crippen LogP contribution in [0.5, 0.6) is 0 Å². The standard InChI is InChI=1S/C27H18O2/c28-27-24(17-15-19-9-3-1-4-10-19)25(21-12-5-2-6-13-21)23-18-16-20-11-7-8-14-22(20)26(23)29-27/h1-18H/b17-15+. The van der Waals surface area contributed by atoms with Gasteiger partial charge < -0.3 is 4.42 Å². The molecule has 5 aromatic rings. The number of benzene rings is 4. The largest absolute Gasteiger partial charge is 0.422 e. The van der Waals surface area contributed by atoms with Gasteiger partial charge in [0.1, 0.15) is 5.58 Å². The minimum Gasteiger partial charge on any atom is -0.422 e. The summed E-state index contributed by atoms with van der Waals surface area (Å²) in [6.07, 6.45) is 3.81. The molecule has 0 radical (unpaired) electrons. The van der Waals surface area contributed by atoms with Crippen LogP contribution in [0.25, 0.3) is 45.0 Å². The van der Waals surface area contributed by atoms with Crippen LogP contribution in [0, 0.1) is 0 Å². The molecule has 0 aliphatic carbocycles. The van der Waals surface area contributed by atoms with Gasteiger partial charge in [-0.2, -0.15) is 0 Å². The Morgan fingerprint density at radius 1 is 0.621 bits per heavy atom. The summed E-state index contributed by atoms with van der Waals surface area (Å²) in [6, 6.07) is 32.1. The van der Waals surface area contributed by atoms with E-state index in [4.69, 9.17) is 4.42 Å². The molecule has 0 saturated heterocycles. The topological polar surface area (TPSA) is 30.2 Å². The van der Waals surface area contributed by atoms with Crippen LogP contribution in [0.1, 0.15) is 11.1 Å². The molecule has 0 spiro atoms. The van der Waals surface area contributed by atoms with Crippen molar-refractivity contribution in [1.82, 2.24) is 0 Å². The molecule has 0 saturated carbocycles. The fourth-order valence-corrected chi connectivity index (χ4v) is 3.76. The molecule has 0 fully saturated rings. The summed E-state index contributed by atoms with van der Waals surface area (Å²) in [6.45, 7) is 0. The third-order valence-corrected chi connectivity index (χ3v) is 5.14. The normalized spacial score (nSPS) is 11.4. The fraction of sp³-hybridized carbons (Fsp3) is 0. The lowest BCUT2D eigenvalue weighted by molar-refractivity contribution is 0.563. The van der Waals surface area contributed by atoms with Crippen molar-refractivity contribution >= 4 is 33.9 Å². The molecular weight excluding hydrogens is 356 g/mol. The van der Waals surface area contributed by atoms with Crippen molar-refractivity contribution in [2.24, 2.45) is 0 Å². The summed E-state index contributed by atoms with van der Waals surface area (Å²) >= 11 is 0. The van der Waals surface area contributed by atoms with Crippen LogP contribution in [-0.2, 0) is 0 Å². The van der Waals surface area contributed by atoms with Gasteiger partial charge in [0.05, 0.1) is 5.56 Å². The SMILES string of the molecule is O=c1oc2c(ccc3ccccc32)c(-c2ccccc2)c1/C=C/c1ccccc1. The Balaban J connectivity index is 1.85. The average molecular weight is 374 g/mol. The molecule has 0 aliphatic heterocycles. The van der Waals surface area contributed by atoms with E-state index in [0.717, 1.165) is 32.8 Å². The minimum absolute atomic E-state index is 0.333. The Kier molecular flexibility index (Phi) is 4.30. The summed E-state index contributed by atoms with van der Waals surface area (Å²) in [5.41, 5.74) is 3.78. The lowest BCUT2D eigenvalue weighted by atomic mass is 9.94. The Hall–Kier alpha value is -3.91. The monoisotopic (exact) mass is 374 g/mol. The molecule has 138 valence electrons. The van der Waals surface area contributed by atoms with Crippen LogP contribution in [0.2, 0.25) is 0 Å². The van der Waals surface area contributed by atoms with Crippen molar-refractivity contribution in [3.05, 3.63) is 119 Å². The third kappa shape index (κ3) is 3.15. The first-order chi connectivity index (χ1) is 14.3. The highest BCUT2D eigenvalue weighted by atomic mass is 16.4. The van der Waals surface area contributed by atoms with Crippen LogP contribution in [0.3, 0.4) is 0 Å². The van der Waals surface area contributed by atoms with Crippen molar-refractivity contribution in [1.29, 1.82) is 0 Å². The molecule has 0 atom stereocenters. The molecule has 1 aromatic heterocycles. The summed E-state index contributed by atoms with van der Waals surface area (Å²) in [5, 5.41) is 2.93. The highest BCUT2D eigenvalue weighted by Gasteiger charge is 2.16. The summed E-state index contributed by atoms with van der Waals surface area (Å²) in [7, 11) is 0. The molecule has 0 bridgehead atoms. The van der Waals surface area contributed by atoms with Crippen molar-refractivity contribution in [3.63, 3.8) is 0 Å². The van der Waals surface area contributed by atoms with Crippen molar-refractivity contribution in [2.45, 2.75) is 0 Å². The van der Waals surface area contributed by atoms with Crippen LogP contribution in [-0.4, -0.2) is 0 Å². The van der Waals surface area contributed by atoms with Crippen molar-refractivity contribution in [3.8, 4) is 11.1 Å². The van der Waals surface area contributed by atoms with Gasteiger partial charge in [0.25, 0.3) is 0 Å². The van der Waals surface area contributed by atoms with Gasteiger partial charge in [-0.05, 0) is 28.7 Å². The first-order valence-electron chi connectivity index (χ1n) is 9.58. The van der Waals surface area contributed by atoms with Crippen molar-refractivity contribution in [2.75, 3.05) is 0 Å². The van der Waals surface area contributed by atoms with E-state index < -0.39 is 0 Å². The number of hydrogen-bond acceptors (Lipinski definition) is 2. The van der Waals surface area contributed by atoms with E-state index in [-0.39, 0.29) is 5.63 Å². The van der Waals surface area contributed by atoms with Gasteiger partial charge in [0.2, 0.25) is 0 Å². The zero-order valence-corrected chi connectivity index (χ0v) is 15.7. The highest BCUT2D eigenvalue weighted by Crippen LogP contribution is 2.34. The molecule has 4 aromatic carbocycles. The second-order valence-electron chi connectivity index (χ2n) is 6.95.